The molecule has 0 radical (unpaired) electrons. The molecule has 0 saturated heterocycles. The normalized spacial score (nSPS) is 29.5. The molecule has 1 fully saturated rings. The molecule has 3 atom stereocenters. The smallest absolute Gasteiger partial charge is 0.0589 e. The Kier molecular flexibility index (Phi) is 6.61. The Bertz CT molecular complexity index is 231. The lowest BCUT2D eigenvalue weighted by Crippen LogP contribution is -2.51. The maximum Gasteiger partial charge on any atom is 0.0589 e. The minimum absolute atomic E-state index is 0.117. The topological polar surface area (TPSA) is 32.7 Å². The van der Waals surface area contributed by atoms with Gasteiger partial charge in [0.2, 0.25) is 0 Å². The first-order valence-corrected chi connectivity index (χ1v) is 7.40. The molecule has 0 aromatic carbocycles. The molecule has 1 saturated carbocycles. The van der Waals surface area contributed by atoms with Crippen molar-refractivity contribution in [1.82, 2.24) is 4.90 Å². The van der Waals surface area contributed by atoms with Crippen LogP contribution in [0, 0.1) is 11.8 Å². The number of aliphatic hydroxyl groups is 1. The summed E-state index contributed by atoms with van der Waals surface area (Å²) in [5, 5.41) is 9.98. The minimum atomic E-state index is -0.117. The third kappa shape index (κ3) is 4.22. The number of nitrogens with zero attached hydrogens (tertiary/aromatic N) is 1. The van der Waals surface area contributed by atoms with Crippen LogP contribution in [-0.2, 0) is 4.74 Å². The predicted molar refractivity (Wildman–Crippen MR) is 75.7 cm³/mol. The van der Waals surface area contributed by atoms with E-state index in [9.17, 15) is 5.11 Å². The summed E-state index contributed by atoms with van der Waals surface area (Å²) in [5.74, 6) is 1.39. The van der Waals surface area contributed by atoms with Gasteiger partial charge in [-0.2, -0.15) is 0 Å². The molecule has 0 bridgehead atoms. The Morgan fingerprint density at radius 2 is 1.89 bits per heavy atom. The van der Waals surface area contributed by atoms with E-state index in [0.29, 0.717) is 23.9 Å². The van der Waals surface area contributed by atoms with Crippen molar-refractivity contribution in [2.24, 2.45) is 11.8 Å². The van der Waals surface area contributed by atoms with E-state index in [-0.39, 0.29) is 6.10 Å². The Morgan fingerprint density at radius 3 is 2.39 bits per heavy atom. The summed E-state index contributed by atoms with van der Waals surface area (Å²) in [6.45, 7) is 10.8. The molecule has 3 nitrogen and oxygen atoms in total. The molecule has 1 aliphatic carbocycles. The number of aliphatic hydroxyl groups excluding tert-OH is 1. The SMILES string of the molecule is COCCN(C(C)C)C1CC(O)CCC1C(C)C. The van der Waals surface area contributed by atoms with E-state index in [2.05, 4.69) is 32.6 Å². The lowest BCUT2D eigenvalue weighted by atomic mass is 9.75. The standard InChI is InChI=1S/C15H31NO2/c1-11(2)14-7-6-13(17)10-15(14)16(12(3)4)8-9-18-5/h11-15,17H,6-10H2,1-5H3. The fourth-order valence-corrected chi connectivity index (χ4v) is 3.31. The largest absolute Gasteiger partial charge is 0.393 e. The summed E-state index contributed by atoms with van der Waals surface area (Å²) in [6, 6.07) is 1.01. The van der Waals surface area contributed by atoms with E-state index in [1.165, 1.54) is 0 Å². The highest BCUT2D eigenvalue weighted by Crippen LogP contribution is 2.34. The Labute approximate surface area is 113 Å². The van der Waals surface area contributed by atoms with Crippen molar-refractivity contribution in [3.05, 3.63) is 0 Å². The predicted octanol–water partition coefficient (Wildman–Crippen LogP) is 2.53. The third-order valence-electron chi connectivity index (χ3n) is 4.34. The first kappa shape index (κ1) is 15.9. The second-order valence-electron chi connectivity index (χ2n) is 6.27. The number of methoxy groups -OCH3 is 1. The molecule has 0 aromatic heterocycles. The second kappa shape index (κ2) is 7.46. The zero-order chi connectivity index (χ0) is 13.7. The number of hydrogen-bond acceptors (Lipinski definition) is 3. The van der Waals surface area contributed by atoms with E-state index in [0.717, 1.165) is 32.4 Å². The van der Waals surface area contributed by atoms with Gasteiger partial charge in [-0.1, -0.05) is 13.8 Å². The maximum absolute atomic E-state index is 9.98. The molecule has 0 amide bonds. The van der Waals surface area contributed by atoms with Crippen molar-refractivity contribution in [3.63, 3.8) is 0 Å². The molecule has 3 unspecified atom stereocenters. The first-order valence-electron chi connectivity index (χ1n) is 7.40. The maximum atomic E-state index is 9.98. The zero-order valence-electron chi connectivity index (χ0n) is 12.7. The third-order valence-corrected chi connectivity index (χ3v) is 4.34. The van der Waals surface area contributed by atoms with Gasteiger partial charge in [-0.3, -0.25) is 4.90 Å². The van der Waals surface area contributed by atoms with Crippen LogP contribution in [-0.4, -0.2) is 48.5 Å². The van der Waals surface area contributed by atoms with Crippen LogP contribution in [0.1, 0.15) is 47.0 Å². The molecule has 18 heavy (non-hydrogen) atoms. The average molecular weight is 257 g/mol. The highest BCUT2D eigenvalue weighted by molar-refractivity contribution is 4.89. The molecule has 0 aromatic rings. The van der Waals surface area contributed by atoms with Crippen molar-refractivity contribution in [3.8, 4) is 0 Å². The summed E-state index contributed by atoms with van der Waals surface area (Å²) in [5.41, 5.74) is 0. The molecule has 108 valence electrons. The van der Waals surface area contributed by atoms with E-state index in [1.54, 1.807) is 7.11 Å². The van der Waals surface area contributed by atoms with Crippen LogP contribution in [0.3, 0.4) is 0 Å². The number of ether oxygens (including phenoxy) is 1. The van der Waals surface area contributed by atoms with Gasteiger partial charge in [0.25, 0.3) is 0 Å². The summed E-state index contributed by atoms with van der Waals surface area (Å²) in [4.78, 5) is 2.52. The summed E-state index contributed by atoms with van der Waals surface area (Å²) >= 11 is 0. The van der Waals surface area contributed by atoms with Crippen molar-refractivity contribution in [1.29, 1.82) is 0 Å². The van der Waals surface area contributed by atoms with Crippen molar-refractivity contribution in [2.45, 2.75) is 65.1 Å². The van der Waals surface area contributed by atoms with Gasteiger partial charge in [0, 0.05) is 25.7 Å². The second-order valence-corrected chi connectivity index (χ2v) is 6.27. The van der Waals surface area contributed by atoms with Crippen LogP contribution in [0.15, 0.2) is 0 Å². The molecule has 1 N–H and O–H groups in total. The average Bonchev–Trinajstić information content (AvgIpc) is 2.28. The van der Waals surface area contributed by atoms with E-state index < -0.39 is 0 Å². The van der Waals surface area contributed by atoms with E-state index >= 15 is 0 Å². The van der Waals surface area contributed by atoms with E-state index in [4.69, 9.17) is 4.74 Å². The fraction of sp³-hybridized carbons (Fsp3) is 1.00. The van der Waals surface area contributed by atoms with Gasteiger partial charge in [-0.05, 0) is 44.9 Å². The Hall–Kier alpha value is -0.120. The van der Waals surface area contributed by atoms with Crippen LogP contribution >= 0.6 is 0 Å². The molecular formula is C15H31NO2. The molecule has 0 aliphatic heterocycles. The first-order chi connectivity index (χ1) is 8.47. The van der Waals surface area contributed by atoms with Crippen molar-refractivity contribution >= 4 is 0 Å². The van der Waals surface area contributed by atoms with Gasteiger partial charge in [0.15, 0.2) is 0 Å². The molecule has 1 rings (SSSR count). The van der Waals surface area contributed by atoms with Crippen molar-refractivity contribution in [2.75, 3.05) is 20.3 Å². The van der Waals surface area contributed by atoms with Crippen LogP contribution in [0.2, 0.25) is 0 Å². The quantitative estimate of drug-likeness (QED) is 0.793. The Balaban J connectivity index is 2.75. The monoisotopic (exact) mass is 257 g/mol. The van der Waals surface area contributed by atoms with Crippen LogP contribution in [0.25, 0.3) is 0 Å². The van der Waals surface area contributed by atoms with Gasteiger partial charge in [-0.25, -0.2) is 0 Å². The van der Waals surface area contributed by atoms with Crippen LogP contribution in [0.5, 0.6) is 0 Å². The van der Waals surface area contributed by atoms with Crippen LogP contribution < -0.4 is 0 Å². The van der Waals surface area contributed by atoms with Gasteiger partial charge in [0.05, 0.1) is 12.7 Å². The zero-order valence-corrected chi connectivity index (χ0v) is 12.7. The number of rotatable bonds is 6. The highest BCUT2D eigenvalue weighted by Gasteiger charge is 2.36. The molecule has 0 heterocycles. The fourth-order valence-electron chi connectivity index (χ4n) is 3.31. The van der Waals surface area contributed by atoms with Crippen LogP contribution in [0.4, 0.5) is 0 Å². The van der Waals surface area contributed by atoms with Gasteiger partial charge < -0.3 is 9.84 Å². The minimum Gasteiger partial charge on any atom is -0.393 e. The molecule has 0 spiro atoms. The van der Waals surface area contributed by atoms with Gasteiger partial charge >= 0.3 is 0 Å². The molecule has 1 aliphatic rings. The summed E-state index contributed by atoms with van der Waals surface area (Å²) in [7, 11) is 1.76. The summed E-state index contributed by atoms with van der Waals surface area (Å²) < 4.78 is 5.23. The molecular weight excluding hydrogens is 226 g/mol. The number of hydrogen-bond donors (Lipinski definition) is 1. The Morgan fingerprint density at radius 1 is 1.22 bits per heavy atom. The van der Waals surface area contributed by atoms with Gasteiger partial charge in [-0.15, -0.1) is 0 Å². The lowest BCUT2D eigenvalue weighted by molar-refractivity contribution is -0.0109. The van der Waals surface area contributed by atoms with Crippen molar-refractivity contribution < 1.29 is 9.84 Å². The molecule has 3 heteroatoms. The highest BCUT2D eigenvalue weighted by atomic mass is 16.5. The lowest BCUT2D eigenvalue weighted by Gasteiger charge is -2.45. The summed E-state index contributed by atoms with van der Waals surface area (Å²) in [6.07, 6.45) is 2.92. The van der Waals surface area contributed by atoms with Gasteiger partial charge in [0.1, 0.15) is 0 Å². The van der Waals surface area contributed by atoms with E-state index in [1.807, 2.05) is 0 Å².